The van der Waals surface area contributed by atoms with Gasteiger partial charge in [0, 0.05) is 16.9 Å². The van der Waals surface area contributed by atoms with Gasteiger partial charge in [0.1, 0.15) is 0 Å². The van der Waals surface area contributed by atoms with E-state index in [2.05, 4.69) is 15.0 Å². The van der Waals surface area contributed by atoms with Crippen LogP contribution < -0.4 is 10.0 Å². The number of hydrogen-bond donors (Lipinski definition) is 3. The summed E-state index contributed by atoms with van der Waals surface area (Å²) in [6, 6.07) is 5.61. The molecule has 3 N–H and O–H groups in total. The fourth-order valence-corrected chi connectivity index (χ4v) is 4.72. The zero-order valence-electron chi connectivity index (χ0n) is 19.0. The number of aromatic amines is 1. The van der Waals surface area contributed by atoms with Gasteiger partial charge in [0.25, 0.3) is 0 Å². The van der Waals surface area contributed by atoms with Crippen LogP contribution in [0.2, 0.25) is 0 Å². The number of hydrogen-bond acceptors (Lipinski definition) is 6. The van der Waals surface area contributed by atoms with Crippen molar-refractivity contribution in [2.24, 2.45) is 0 Å². The van der Waals surface area contributed by atoms with E-state index < -0.39 is 27.6 Å². The quantitative estimate of drug-likeness (QED) is 0.419. The molecule has 170 valence electrons. The van der Waals surface area contributed by atoms with Gasteiger partial charge in [0.05, 0.1) is 28.8 Å². The zero-order valence-corrected chi connectivity index (χ0v) is 19.9. The van der Waals surface area contributed by atoms with Crippen molar-refractivity contribution in [3.63, 3.8) is 0 Å². The maximum absolute atomic E-state index is 13.0. The molecule has 1 aromatic carbocycles. The van der Waals surface area contributed by atoms with Crippen molar-refractivity contribution < 1.29 is 22.7 Å². The molecule has 1 heterocycles. The molecule has 0 saturated carbocycles. The fourth-order valence-electron chi connectivity index (χ4n) is 3.25. The lowest BCUT2D eigenvalue weighted by Crippen LogP contribution is -2.40. The number of ether oxygens (including phenoxy) is 1. The fraction of sp³-hybridized carbons (Fsp3) is 0.455. The molecule has 0 saturated heterocycles. The molecule has 0 spiro atoms. The number of H-pyrrole nitrogens is 1. The highest BCUT2D eigenvalue weighted by Gasteiger charge is 2.26. The van der Waals surface area contributed by atoms with E-state index in [0.29, 0.717) is 28.2 Å². The average molecular weight is 450 g/mol. The van der Waals surface area contributed by atoms with Crippen molar-refractivity contribution in [3.8, 4) is 0 Å². The van der Waals surface area contributed by atoms with Crippen LogP contribution in [0.25, 0.3) is 0 Å². The summed E-state index contributed by atoms with van der Waals surface area (Å²) in [4.78, 5) is 28.3. The molecule has 0 aliphatic heterocycles. The maximum Gasteiger partial charge on any atom is 0.340 e. The lowest BCUT2D eigenvalue weighted by Gasteiger charge is -2.21. The first kappa shape index (κ1) is 24.6. The van der Waals surface area contributed by atoms with Crippen LogP contribution in [-0.2, 0) is 14.8 Å². The number of benzene rings is 1. The molecular weight excluding hydrogens is 418 g/mol. The summed E-state index contributed by atoms with van der Waals surface area (Å²) in [6.07, 6.45) is 0. The topological polar surface area (TPSA) is 117 Å². The second-order valence-electron chi connectivity index (χ2n) is 8.46. The van der Waals surface area contributed by atoms with E-state index in [1.165, 1.54) is 12.1 Å². The molecule has 1 aromatic heterocycles. The Morgan fingerprint density at radius 3 is 2.42 bits per heavy atom. The normalized spacial score (nSPS) is 13.0. The van der Waals surface area contributed by atoms with Crippen molar-refractivity contribution >= 4 is 27.5 Å². The molecule has 1 atom stereocenters. The van der Waals surface area contributed by atoms with Gasteiger partial charge in [-0.25, -0.2) is 17.9 Å². The van der Waals surface area contributed by atoms with E-state index in [-0.39, 0.29) is 17.3 Å². The number of carbonyl (C=O) groups excluding carboxylic acids is 2. The summed E-state index contributed by atoms with van der Waals surface area (Å²) in [7, 11) is -3.71. The highest BCUT2D eigenvalue weighted by Crippen LogP contribution is 2.22. The van der Waals surface area contributed by atoms with Gasteiger partial charge in [-0.15, -0.1) is 0 Å². The first-order valence-corrected chi connectivity index (χ1v) is 11.6. The summed E-state index contributed by atoms with van der Waals surface area (Å²) in [6.45, 7) is 12.3. The average Bonchev–Trinajstić information content (AvgIpc) is 2.93. The highest BCUT2D eigenvalue weighted by molar-refractivity contribution is 7.89. The third kappa shape index (κ3) is 5.95. The first-order valence-electron chi connectivity index (χ1n) is 10.1. The van der Waals surface area contributed by atoms with E-state index >= 15 is 0 Å². The summed E-state index contributed by atoms with van der Waals surface area (Å²) in [5, 5.41) is 3.05. The minimum Gasteiger partial charge on any atom is -0.462 e. The van der Waals surface area contributed by atoms with Crippen molar-refractivity contribution in [2.45, 2.75) is 64.9 Å². The Balaban J connectivity index is 2.25. The van der Waals surface area contributed by atoms with Crippen molar-refractivity contribution in [1.82, 2.24) is 9.71 Å². The molecule has 0 aliphatic rings. The van der Waals surface area contributed by atoms with Gasteiger partial charge in [-0.2, -0.15) is 0 Å². The molecule has 0 aliphatic carbocycles. The second-order valence-corrected chi connectivity index (χ2v) is 10.1. The Bertz CT molecular complexity index is 1080. The molecular formula is C22H31N3O5S. The SMILES string of the molecule is CCOC(=O)c1c(C)[nH]c(C(=O)[C@H](C)Nc2cccc(S(=O)(=O)NC(C)(C)C)c2)c1C. The number of esters is 1. The zero-order chi connectivity index (χ0) is 23.6. The summed E-state index contributed by atoms with van der Waals surface area (Å²) >= 11 is 0. The van der Waals surface area contributed by atoms with Gasteiger partial charge in [0.15, 0.2) is 0 Å². The number of Topliss-reactive ketones (excluding diaryl/α,β-unsaturated/α-hetero) is 1. The molecule has 9 heteroatoms. The lowest BCUT2D eigenvalue weighted by atomic mass is 10.0. The Morgan fingerprint density at radius 1 is 1.19 bits per heavy atom. The smallest absolute Gasteiger partial charge is 0.340 e. The summed E-state index contributed by atoms with van der Waals surface area (Å²) < 4.78 is 32.9. The second kappa shape index (κ2) is 9.23. The molecule has 8 nitrogen and oxygen atoms in total. The Labute approximate surface area is 183 Å². The Morgan fingerprint density at radius 2 is 1.84 bits per heavy atom. The van der Waals surface area contributed by atoms with E-state index in [1.807, 2.05) is 0 Å². The molecule has 0 fully saturated rings. The first-order chi connectivity index (χ1) is 14.3. The molecule has 0 radical (unpaired) electrons. The van der Waals surface area contributed by atoms with Crippen LogP contribution in [0, 0.1) is 13.8 Å². The minimum atomic E-state index is -3.71. The van der Waals surface area contributed by atoms with Crippen LogP contribution in [-0.4, -0.2) is 43.3 Å². The van der Waals surface area contributed by atoms with Crippen LogP contribution in [0.4, 0.5) is 5.69 Å². The van der Waals surface area contributed by atoms with Gasteiger partial charge in [-0.1, -0.05) is 6.07 Å². The molecule has 2 rings (SSSR count). The number of nitrogens with one attached hydrogen (secondary N) is 3. The number of anilines is 1. The van der Waals surface area contributed by atoms with Gasteiger partial charge in [0.2, 0.25) is 15.8 Å². The summed E-state index contributed by atoms with van der Waals surface area (Å²) in [5.74, 6) is -0.727. The number of aryl methyl sites for hydroxylation is 1. The summed E-state index contributed by atoms with van der Waals surface area (Å²) in [5.41, 5.74) is 1.64. The van der Waals surface area contributed by atoms with E-state index in [9.17, 15) is 18.0 Å². The van der Waals surface area contributed by atoms with Gasteiger partial charge < -0.3 is 15.0 Å². The standard InChI is InChI=1S/C22H31N3O5S/c1-8-30-21(27)18-13(2)19(24-14(18)3)20(26)15(4)23-16-10-9-11-17(12-16)31(28,29)25-22(5,6)7/h9-12,15,23-25H,8H2,1-7H3/t15-/m0/s1. The Hall–Kier alpha value is -2.65. The van der Waals surface area contributed by atoms with Gasteiger partial charge >= 0.3 is 5.97 Å². The Kier molecular flexibility index (Phi) is 7.33. The molecule has 0 amide bonds. The molecule has 31 heavy (non-hydrogen) atoms. The highest BCUT2D eigenvalue weighted by atomic mass is 32.2. The number of carbonyl (C=O) groups is 2. The van der Waals surface area contributed by atoms with Crippen molar-refractivity contribution in [1.29, 1.82) is 0 Å². The van der Waals surface area contributed by atoms with Crippen LogP contribution >= 0.6 is 0 Å². The van der Waals surface area contributed by atoms with Crippen molar-refractivity contribution in [3.05, 3.63) is 46.8 Å². The van der Waals surface area contributed by atoms with Crippen LogP contribution in [0.1, 0.15) is 66.7 Å². The van der Waals surface area contributed by atoms with Crippen LogP contribution in [0.3, 0.4) is 0 Å². The molecule has 2 aromatic rings. The third-order valence-corrected chi connectivity index (χ3v) is 6.28. The van der Waals surface area contributed by atoms with E-state index in [1.54, 1.807) is 60.6 Å². The van der Waals surface area contributed by atoms with E-state index in [4.69, 9.17) is 4.74 Å². The van der Waals surface area contributed by atoms with Gasteiger partial charge in [-0.05, 0) is 72.2 Å². The number of rotatable bonds is 8. The number of sulfonamides is 1. The van der Waals surface area contributed by atoms with Crippen LogP contribution in [0.15, 0.2) is 29.2 Å². The van der Waals surface area contributed by atoms with Gasteiger partial charge in [-0.3, -0.25) is 4.79 Å². The third-order valence-electron chi connectivity index (χ3n) is 4.52. The molecule has 0 bridgehead atoms. The van der Waals surface area contributed by atoms with Crippen molar-refractivity contribution in [2.75, 3.05) is 11.9 Å². The van der Waals surface area contributed by atoms with Crippen LogP contribution in [0.5, 0.6) is 0 Å². The molecule has 0 unspecified atom stereocenters. The number of aromatic nitrogens is 1. The monoisotopic (exact) mass is 449 g/mol. The maximum atomic E-state index is 13.0. The van der Waals surface area contributed by atoms with E-state index in [0.717, 1.165) is 0 Å². The predicted octanol–water partition coefficient (Wildman–Crippen LogP) is 3.57. The largest absolute Gasteiger partial charge is 0.462 e. The minimum absolute atomic E-state index is 0.101. The lowest BCUT2D eigenvalue weighted by molar-refractivity contribution is 0.0525. The number of ketones is 1. The predicted molar refractivity (Wildman–Crippen MR) is 120 cm³/mol.